The van der Waals surface area contributed by atoms with Gasteiger partial charge in [-0.15, -0.1) is 0 Å². The van der Waals surface area contributed by atoms with Crippen LogP contribution in [0.5, 0.6) is 0 Å². The second kappa shape index (κ2) is 6.49. The van der Waals surface area contributed by atoms with Gasteiger partial charge in [0.15, 0.2) is 0 Å². The zero-order valence-electron chi connectivity index (χ0n) is 10.4. The van der Waals surface area contributed by atoms with E-state index in [9.17, 15) is 26.4 Å². The average molecular weight is 327 g/mol. The van der Waals surface area contributed by atoms with Gasteiger partial charge in [-0.3, -0.25) is 4.79 Å². The molecule has 1 N–H and O–H groups in total. The first-order valence-electron chi connectivity index (χ1n) is 5.39. The Kier molecular flexibility index (Phi) is 5.46. The molecule has 0 aliphatic carbocycles. The van der Waals surface area contributed by atoms with Gasteiger partial charge in [0, 0.05) is 17.6 Å². The number of nitrogens with one attached hydrogen (secondary N) is 1. The van der Waals surface area contributed by atoms with Crippen molar-refractivity contribution in [2.45, 2.75) is 16.8 Å². The van der Waals surface area contributed by atoms with Crippen molar-refractivity contribution in [1.82, 2.24) is 0 Å². The summed E-state index contributed by atoms with van der Waals surface area (Å²) in [6, 6.07) is 5.45. The van der Waals surface area contributed by atoms with Crippen molar-refractivity contribution >= 4 is 33.2 Å². The third-order valence-corrected chi connectivity index (χ3v) is 3.84. The number of halogens is 3. The van der Waals surface area contributed by atoms with E-state index in [-0.39, 0.29) is 34.5 Å². The van der Waals surface area contributed by atoms with Crippen LogP contribution < -0.4 is 5.32 Å². The molecule has 0 spiro atoms. The van der Waals surface area contributed by atoms with E-state index >= 15 is 0 Å². The fourth-order valence-electron chi connectivity index (χ4n) is 1.27. The topological polar surface area (TPSA) is 63.2 Å². The van der Waals surface area contributed by atoms with E-state index in [1.807, 2.05) is 0 Å². The van der Waals surface area contributed by atoms with Crippen molar-refractivity contribution in [2.24, 2.45) is 0 Å². The molecule has 1 rings (SSSR count). The fourth-order valence-corrected chi connectivity index (χ4v) is 2.46. The molecule has 0 bridgehead atoms. The molecule has 112 valence electrons. The SMILES string of the molecule is CS(=O)(=O)CCC(=O)Nc1ccccc1SC(F)(F)F. The van der Waals surface area contributed by atoms with Gasteiger partial charge in [-0.2, -0.15) is 13.2 Å². The maximum Gasteiger partial charge on any atom is 0.446 e. The summed E-state index contributed by atoms with van der Waals surface area (Å²) in [4.78, 5) is 11.4. The van der Waals surface area contributed by atoms with Crippen molar-refractivity contribution in [3.8, 4) is 0 Å². The Balaban J connectivity index is 2.75. The predicted octanol–water partition coefficient (Wildman–Crippen LogP) is 2.67. The quantitative estimate of drug-likeness (QED) is 0.845. The number of hydrogen-bond acceptors (Lipinski definition) is 4. The molecule has 0 aromatic heterocycles. The Hall–Kier alpha value is -1.22. The molecule has 1 amide bonds. The van der Waals surface area contributed by atoms with E-state index in [1.165, 1.54) is 24.3 Å². The first kappa shape index (κ1) is 16.8. The number of sulfone groups is 1. The maximum absolute atomic E-state index is 12.3. The lowest BCUT2D eigenvalue weighted by Crippen LogP contribution is -2.17. The number of para-hydroxylation sites is 1. The van der Waals surface area contributed by atoms with Gasteiger partial charge in [-0.25, -0.2) is 8.42 Å². The number of carbonyl (C=O) groups excluding carboxylic acids is 1. The second-order valence-corrected chi connectivity index (χ2v) is 7.34. The molecule has 20 heavy (non-hydrogen) atoms. The molecule has 1 aromatic rings. The zero-order valence-corrected chi connectivity index (χ0v) is 12.0. The maximum atomic E-state index is 12.3. The van der Waals surface area contributed by atoms with Gasteiger partial charge in [0.1, 0.15) is 9.84 Å². The molecule has 0 aliphatic rings. The van der Waals surface area contributed by atoms with Gasteiger partial charge in [0.2, 0.25) is 5.91 Å². The van der Waals surface area contributed by atoms with E-state index < -0.39 is 21.3 Å². The molecule has 0 unspecified atom stereocenters. The molecule has 4 nitrogen and oxygen atoms in total. The number of benzene rings is 1. The van der Waals surface area contributed by atoms with Crippen LogP contribution in [0.15, 0.2) is 29.2 Å². The van der Waals surface area contributed by atoms with Crippen molar-refractivity contribution in [3.05, 3.63) is 24.3 Å². The molecular weight excluding hydrogens is 315 g/mol. The van der Waals surface area contributed by atoms with E-state index in [0.717, 1.165) is 6.26 Å². The second-order valence-electron chi connectivity index (χ2n) is 3.97. The third kappa shape index (κ3) is 6.80. The van der Waals surface area contributed by atoms with E-state index in [1.54, 1.807) is 0 Å². The number of carbonyl (C=O) groups is 1. The van der Waals surface area contributed by atoms with E-state index in [0.29, 0.717) is 0 Å². The molecule has 0 aliphatic heterocycles. The summed E-state index contributed by atoms with van der Waals surface area (Å²) in [6.07, 6.45) is 0.678. The Morgan fingerprint density at radius 3 is 2.45 bits per heavy atom. The van der Waals surface area contributed by atoms with E-state index in [4.69, 9.17) is 0 Å². The summed E-state index contributed by atoms with van der Waals surface area (Å²) in [5, 5.41) is 2.28. The Morgan fingerprint density at radius 1 is 1.30 bits per heavy atom. The van der Waals surface area contributed by atoms with Gasteiger partial charge in [-0.05, 0) is 23.9 Å². The number of amides is 1. The van der Waals surface area contributed by atoms with Gasteiger partial charge >= 0.3 is 5.51 Å². The number of alkyl halides is 3. The molecular formula is C11H12F3NO3S2. The highest BCUT2D eigenvalue weighted by molar-refractivity contribution is 8.00. The molecule has 0 saturated heterocycles. The molecule has 0 saturated carbocycles. The lowest BCUT2D eigenvalue weighted by atomic mass is 10.3. The minimum Gasteiger partial charge on any atom is -0.325 e. The van der Waals surface area contributed by atoms with E-state index in [2.05, 4.69) is 5.32 Å². The Bertz CT molecular complexity index is 585. The predicted molar refractivity (Wildman–Crippen MR) is 71.3 cm³/mol. The summed E-state index contributed by atoms with van der Waals surface area (Å²) in [5.41, 5.74) is -4.46. The number of thioether (sulfide) groups is 1. The molecule has 0 heterocycles. The molecule has 0 atom stereocenters. The van der Waals surface area contributed by atoms with Crippen LogP contribution in [0.2, 0.25) is 0 Å². The lowest BCUT2D eigenvalue weighted by molar-refractivity contribution is -0.115. The summed E-state index contributed by atoms with van der Waals surface area (Å²) in [7, 11) is -3.30. The van der Waals surface area contributed by atoms with Gasteiger partial charge in [0.25, 0.3) is 0 Å². The summed E-state index contributed by atoms with van der Waals surface area (Å²) >= 11 is -0.340. The van der Waals surface area contributed by atoms with Crippen LogP contribution in [0.4, 0.5) is 18.9 Å². The molecule has 9 heteroatoms. The summed E-state index contributed by atoms with van der Waals surface area (Å²) in [5.74, 6) is -1.00. The highest BCUT2D eigenvalue weighted by Crippen LogP contribution is 2.40. The van der Waals surface area contributed by atoms with Gasteiger partial charge in [0.05, 0.1) is 11.4 Å². The smallest absolute Gasteiger partial charge is 0.325 e. The molecule has 0 fully saturated rings. The average Bonchev–Trinajstić information content (AvgIpc) is 2.26. The number of rotatable bonds is 5. The largest absolute Gasteiger partial charge is 0.446 e. The minimum atomic E-state index is -4.46. The van der Waals surface area contributed by atoms with Gasteiger partial charge in [-0.1, -0.05) is 12.1 Å². The van der Waals surface area contributed by atoms with Crippen molar-refractivity contribution in [3.63, 3.8) is 0 Å². The van der Waals surface area contributed by atoms with Crippen LogP contribution in [0.3, 0.4) is 0 Å². The standard InChI is InChI=1S/C11H12F3NO3S2/c1-20(17,18)7-6-10(16)15-8-4-2-3-5-9(8)19-11(12,13)14/h2-5H,6-7H2,1H3,(H,15,16). The monoisotopic (exact) mass is 327 g/mol. The van der Waals surface area contributed by atoms with Gasteiger partial charge < -0.3 is 5.32 Å². The van der Waals surface area contributed by atoms with Crippen molar-refractivity contribution < 1.29 is 26.4 Å². The number of hydrogen-bond donors (Lipinski definition) is 1. The molecule has 1 aromatic carbocycles. The summed E-state index contributed by atoms with van der Waals surface area (Å²) in [6.45, 7) is 0. The Morgan fingerprint density at radius 2 is 1.90 bits per heavy atom. The van der Waals surface area contributed by atoms with Crippen LogP contribution in [-0.4, -0.2) is 31.8 Å². The Labute approximate surface area is 118 Å². The first-order valence-corrected chi connectivity index (χ1v) is 8.27. The highest BCUT2D eigenvalue weighted by atomic mass is 32.2. The van der Waals surface area contributed by atoms with Crippen LogP contribution >= 0.6 is 11.8 Å². The summed E-state index contributed by atoms with van der Waals surface area (Å²) < 4.78 is 58.8. The normalized spacial score (nSPS) is 12.2. The molecule has 0 radical (unpaired) electrons. The van der Waals surface area contributed by atoms with Crippen LogP contribution in [0.25, 0.3) is 0 Å². The van der Waals surface area contributed by atoms with Crippen LogP contribution in [0.1, 0.15) is 6.42 Å². The third-order valence-electron chi connectivity index (χ3n) is 2.09. The lowest BCUT2D eigenvalue weighted by Gasteiger charge is -2.11. The zero-order chi connectivity index (χ0) is 15.4. The fraction of sp³-hybridized carbons (Fsp3) is 0.364. The number of anilines is 1. The van der Waals surface area contributed by atoms with Crippen LogP contribution in [-0.2, 0) is 14.6 Å². The first-order chi connectivity index (χ1) is 9.07. The van der Waals surface area contributed by atoms with Crippen LogP contribution in [0, 0.1) is 0 Å². The van der Waals surface area contributed by atoms with Crippen molar-refractivity contribution in [2.75, 3.05) is 17.3 Å². The van der Waals surface area contributed by atoms with Crippen molar-refractivity contribution in [1.29, 1.82) is 0 Å². The minimum absolute atomic E-state index is 0.00771. The highest BCUT2D eigenvalue weighted by Gasteiger charge is 2.30.